The molecule has 0 aliphatic heterocycles. The molecule has 6 rings (SSSR count). The molecule has 0 fully saturated rings. The molecule has 4 aromatic carbocycles. The van der Waals surface area contributed by atoms with Crippen molar-refractivity contribution < 1.29 is 0 Å². The highest BCUT2D eigenvalue weighted by Crippen LogP contribution is 2.32. The van der Waals surface area contributed by atoms with Gasteiger partial charge in [-0.1, -0.05) is 163 Å². The van der Waals surface area contributed by atoms with Crippen LogP contribution in [0.25, 0.3) is 54.8 Å². The Morgan fingerprint density at radius 1 is 0.417 bits per heavy atom. The second-order valence-corrected chi connectivity index (χ2v) is 13.4. The van der Waals surface area contributed by atoms with E-state index < -0.39 is 0 Å². The molecule has 0 saturated carbocycles. The molecule has 0 spiro atoms. The third-order valence-electron chi connectivity index (χ3n) is 9.99. The Morgan fingerprint density at radius 2 is 0.792 bits per heavy atom. The number of aromatic nitrogens is 2. The number of pyridine rings is 2. The van der Waals surface area contributed by atoms with Crippen molar-refractivity contribution in [2.24, 2.45) is 0 Å². The van der Waals surface area contributed by atoms with Crippen LogP contribution in [0.5, 0.6) is 0 Å². The van der Waals surface area contributed by atoms with E-state index in [9.17, 15) is 9.59 Å². The second-order valence-electron chi connectivity index (χ2n) is 13.4. The number of unbranched alkanes of at least 4 members (excludes halogenated alkanes) is 10. The standard InChI is InChI=1S/C44H50N2O2/c1-3-5-7-9-11-17-29-45-41-31-40(38-28-20-24-34-22-14-16-26-36(34)38)44(48)46(30-18-12-10-8-6-4-2)42(41)32-39(43(45)47)37-27-19-23-33-21-13-15-25-35(33)37/h13-16,19-28,31-32H,3-12,17-18,29-30H2,1-2H3. The SMILES string of the molecule is CCCCCCCCn1c(=O)c(-c2cccc3ccccc23)cc2c1cc(-c1cccc3ccccc13)c(=O)n2CCCCCCCC. The Hall–Kier alpha value is -4.44. The molecule has 2 aromatic heterocycles. The molecule has 0 N–H and O–H groups in total. The number of hydrogen-bond donors (Lipinski definition) is 0. The molecule has 4 nitrogen and oxygen atoms in total. The first-order valence-electron chi connectivity index (χ1n) is 18.4. The van der Waals surface area contributed by atoms with Crippen LogP contribution in [0.3, 0.4) is 0 Å². The fourth-order valence-corrected chi connectivity index (χ4v) is 7.34. The number of aryl methyl sites for hydroxylation is 2. The van der Waals surface area contributed by atoms with Crippen LogP contribution in [-0.4, -0.2) is 9.13 Å². The number of hydrogen-bond acceptors (Lipinski definition) is 2. The van der Waals surface area contributed by atoms with Crippen LogP contribution in [0.1, 0.15) is 90.9 Å². The Labute approximate surface area is 285 Å². The molecule has 0 aliphatic rings. The second kappa shape index (κ2) is 16.1. The minimum Gasteiger partial charge on any atom is -0.306 e. The average Bonchev–Trinajstić information content (AvgIpc) is 3.12. The van der Waals surface area contributed by atoms with Crippen LogP contribution in [0.2, 0.25) is 0 Å². The van der Waals surface area contributed by atoms with Gasteiger partial charge in [-0.3, -0.25) is 9.59 Å². The van der Waals surface area contributed by atoms with Crippen molar-refractivity contribution in [1.82, 2.24) is 9.13 Å². The topological polar surface area (TPSA) is 44.0 Å². The highest BCUT2D eigenvalue weighted by atomic mass is 16.1. The molecule has 48 heavy (non-hydrogen) atoms. The fraction of sp³-hybridized carbons (Fsp3) is 0.364. The summed E-state index contributed by atoms with van der Waals surface area (Å²) in [5, 5.41) is 4.32. The van der Waals surface area contributed by atoms with E-state index in [4.69, 9.17) is 0 Å². The Morgan fingerprint density at radius 3 is 1.23 bits per heavy atom. The summed E-state index contributed by atoms with van der Waals surface area (Å²) >= 11 is 0. The highest BCUT2D eigenvalue weighted by molar-refractivity contribution is 6.00. The molecule has 0 unspecified atom stereocenters. The predicted octanol–water partition coefficient (Wildman–Crippen LogP) is 11.5. The number of benzene rings is 4. The summed E-state index contributed by atoms with van der Waals surface area (Å²) < 4.78 is 3.97. The van der Waals surface area contributed by atoms with Crippen LogP contribution in [-0.2, 0) is 13.1 Å². The van der Waals surface area contributed by atoms with Crippen molar-refractivity contribution in [1.29, 1.82) is 0 Å². The van der Waals surface area contributed by atoms with E-state index in [1.54, 1.807) is 0 Å². The zero-order valence-corrected chi connectivity index (χ0v) is 28.8. The number of fused-ring (bicyclic) bond motifs is 3. The largest absolute Gasteiger partial charge is 0.306 e. The zero-order chi connectivity index (χ0) is 33.3. The number of nitrogens with zero attached hydrogens (tertiary/aromatic N) is 2. The predicted molar refractivity (Wildman–Crippen MR) is 205 cm³/mol. The molecule has 0 atom stereocenters. The summed E-state index contributed by atoms with van der Waals surface area (Å²) in [6.07, 6.45) is 13.7. The molecule has 248 valence electrons. The van der Waals surface area contributed by atoms with Crippen LogP contribution < -0.4 is 11.1 Å². The molecule has 0 aliphatic carbocycles. The maximum atomic E-state index is 14.7. The molecule has 0 radical (unpaired) electrons. The van der Waals surface area contributed by atoms with Crippen LogP contribution in [0.4, 0.5) is 0 Å². The maximum absolute atomic E-state index is 14.7. The molecular formula is C44H50N2O2. The summed E-state index contributed by atoms with van der Waals surface area (Å²) in [5.74, 6) is 0. The lowest BCUT2D eigenvalue weighted by Crippen LogP contribution is -2.28. The minimum atomic E-state index is 0.0149. The lowest BCUT2D eigenvalue weighted by atomic mass is 9.97. The van der Waals surface area contributed by atoms with Crippen LogP contribution >= 0.6 is 0 Å². The van der Waals surface area contributed by atoms with Crippen molar-refractivity contribution in [2.75, 3.05) is 0 Å². The van der Waals surface area contributed by atoms with Gasteiger partial charge in [-0.15, -0.1) is 0 Å². The molecule has 2 heterocycles. The van der Waals surface area contributed by atoms with Gasteiger partial charge in [0.1, 0.15) is 0 Å². The average molecular weight is 639 g/mol. The summed E-state index contributed by atoms with van der Waals surface area (Å²) in [4.78, 5) is 29.4. The third-order valence-corrected chi connectivity index (χ3v) is 9.99. The lowest BCUT2D eigenvalue weighted by Gasteiger charge is -2.20. The van der Waals surface area contributed by atoms with E-state index in [-0.39, 0.29) is 11.1 Å². The van der Waals surface area contributed by atoms with E-state index in [1.807, 2.05) is 57.7 Å². The van der Waals surface area contributed by atoms with Gasteiger partial charge in [0, 0.05) is 24.2 Å². The first kappa shape index (κ1) is 33.5. The molecule has 0 amide bonds. The normalized spacial score (nSPS) is 11.6. The quantitative estimate of drug-likeness (QED) is 0.0990. The van der Waals surface area contributed by atoms with E-state index in [1.165, 1.54) is 51.4 Å². The van der Waals surface area contributed by atoms with Crippen molar-refractivity contribution >= 4 is 32.6 Å². The first-order valence-corrected chi connectivity index (χ1v) is 18.4. The Kier molecular flexibility index (Phi) is 11.2. The number of rotatable bonds is 16. The molecule has 4 heteroatoms. The van der Waals surface area contributed by atoms with Crippen LogP contribution in [0, 0.1) is 0 Å². The van der Waals surface area contributed by atoms with Gasteiger partial charge in [0.25, 0.3) is 11.1 Å². The van der Waals surface area contributed by atoms with Crippen LogP contribution in [0.15, 0.2) is 107 Å². The van der Waals surface area contributed by atoms with Crippen molar-refractivity contribution in [2.45, 2.75) is 104 Å². The summed E-state index contributed by atoms with van der Waals surface area (Å²) in [5.41, 5.74) is 4.92. The van der Waals surface area contributed by atoms with Crippen molar-refractivity contribution in [3.05, 3.63) is 118 Å². The van der Waals surface area contributed by atoms with E-state index >= 15 is 0 Å². The van der Waals surface area contributed by atoms with Gasteiger partial charge < -0.3 is 9.13 Å². The van der Waals surface area contributed by atoms with E-state index in [2.05, 4.69) is 62.4 Å². The van der Waals surface area contributed by atoms with Gasteiger partial charge in [0.05, 0.1) is 11.0 Å². The summed E-state index contributed by atoms with van der Waals surface area (Å²) in [6, 6.07) is 32.9. The maximum Gasteiger partial charge on any atom is 0.259 e. The monoisotopic (exact) mass is 638 g/mol. The van der Waals surface area contributed by atoms with E-state index in [0.29, 0.717) is 24.2 Å². The minimum absolute atomic E-state index is 0.0149. The summed E-state index contributed by atoms with van der Waals surface area (Å²) in [7, 11) is 0. The van der Waals surface area contributed by atoms with Gasteiger partial charge >= 0.3 is 0 Å². The Balaban J connectivity index is 1.56. The van der Waals surface area contributed by atoms with Gasteiger partial charge in [0.15, 0.2) is 0 Å². The van der Waals surface area contributed by atoms with Gasteiger partial charge in [-0.25, -0.2) is 0 Å². The lowest BCUT2D eigenvalue weighted by molar-refractivity contribution is 0.551. The van der Waals surface area contributed by atoms with Gasteiger partial charge in [0.2, 0.25) is 0 Å². The fourth-order valence-electron chi connectivity index (χ4n) is 7.34. The molecular weight excluding hydrogens is 588 g/mol. The van der Waals surface area contributed by atoms with Crippen molar-refractivity contribution in [3.8, 4) is 22.3 Å². The smallest absolute Gasteiger partial charge is 0.259 e. The first-order chi connectivity index (χ1) is 23.6. The molecule has 0 saturated heterocycles. The van der Waals surface area contributed by atoms with Gasteiger partial charge in [-0.05, 0) is 57.6 Å². The third kappa shape index (κ3) is 7.18. The Bertz CT molecular complexity index is 1960. The molecule has 6 aromatic rings. The molecule has 0 bridgehead atoms. The van der Waals surface area contributed by atoms with E-state index in [0.717, 1.165) is 69.4 Å². The van der Waals surface area contributed by atoms with Gasteiger partial charge in [-0.2, -0.15) is 0 Å². The highest BCUT2D eigenvalue weighted by Gasteiger charge is 2.20. The zero-order valence-electron chi connectivity index (χ0n) is 28.8. The van der Waals surface area contributed by atoms with Crippen molar-refractivity contribution in [3.63, 3.8) is 0 Å². The summed E-state index contributed by atoms with van der Waals surface area (Å²) in [6.45, 7) is 5.74.